The largest absolute Gasteiger partial charge is 0.409 e. The van der Waals surface area contributed by atoms with E-state index in [0.717, 1.165) is 26.1 Å². The maximum absolute atomic E-state index is 6.18. The number of hydrogen-bond acceptors (Lipinski definition) is 4. The maximum Gasteiger partial charge on any atom is 0.259 e. The van der Waals surface area contributed by atoms with Crippen molar-refractivity contribution in [1.82, 2.24) is 0 Å². The Hall–Kier alpha value is -0.463. The molecule has 0 radical (unpaired) electrons. The Morgan fingerprint density at radius 3 is 2.11 bits per heavy atom. The molecule has 0 bridgehead atoms. The summed E-state index contributed by atoms with van der Waals surface area (Å²) in [4.78, 5) is 0. The highest BCUT2D eigenvalue weighted by atomic mass is 32.1. The molecule has 98 valence electrons. The molecule has 2 nitrogen and oxygen atoms in total. The van der Waals surface area contributed by atoms with Crippen molar-refractivity contribution < 1.29 is 9.16 Å². The fraction of sp³-hybridized carbons (Fsp3) is 0.385. The molecule has 0 atom stereocenters. The molecule has 0 aliphatic heterocycles. The molecule has 0 saturated carbocycles. The number of thiophene rings is 2. The third kappa shape index (κ3) is 4.03. The molecule has 0 amide bonds. The minimum Gasteiger partial charge on any atom is -0.409 e. The number of ether oxygens (including phenoxy) is 1. The molecule has 2 aromatic heterocycles. The van der Waals surface area contributed by atoms with Crippen LogP contribution in [0.25, 0.3) is 0 Å². The van der Waals surface area contributed by atoms with Gasteiger partial charge in [0.1, 0.15) is 0 Å². The van der Waals surface area contributed by atoms with Gasteiger partial charge in [0.25, 0.3) is 9.04 Å². The first-order valence-electron chi connectivity index (χ1n) is 6.09. The van der Waals surface area contributed by atoms with Crippen LogP contribution in [0.5, 0.6) is 0 Å². The van der Waals surface area contributed by atoms with Gasteiger partial charge < -0.3 is 9.16 Å². The number of hydrogen-bond donors (Lipinski definition) is 0. The molecule has 0 aliphatic rings. The van der Waals surface area contributed by atoms with Gasteiger partial charge in [0, 0.05) is 29.3 Å². The van der Waals surface area contributed by atoms with Crippen molar-refractivity contribution in [3.63, 3.8) is 0 Å². The topological polar surface area (TPSA) is 18.5 Å². The van der Waals surface area contributed by atoms with E-state index in [1.165, 1.54) is 9.00 Å². The lowest BCUT2D eigenvalue weighted by molar-refractivity contribution is 0.185. The van der Waals surface area contributed by atoms with Crippen molar-refractivity contribution in [1.29, 1.82) is 0 Å². The van der Waals surface area contributed by atoms with Gasteiger partial charge in [-0.15, -0.1) is 0 Å². The van der Waals surface area contributed by atoms with Crippen LogP contribution in [0.15, 0.2) is 35.0 Å². The molecule has 0 spiro atoms. The fourth-order valence-corrected chi connectivity index (χ4v) is 7.11. The molecule has 2 aromatic rings. The van der Waals surface area contributed by atoms with Gasteiger partial charge in [0.05, 0.1) is 0 Å². The molecule has 2 heterocycles. The Morgan fingerprint density at radius 2 is 1.61 bits per heavy atom. The average molecular weight is 299 g/mol. The van der Waals surface area contributed by atoms with Gasteiger partial charge in [0.2, 0.25) is 0 Å². The van der Waals surface area contributed by atoms with E-state index >= 15 is 0 Å². The van der Waals surface area contributed by atoms with Gasteiger partial charge in [0.15, 0.2) is 0 Å². The van der Waals surface area contributed by atoms with E-state index in [1.807, 2.05) is 22.7 Å². The summed E-state index contributed by atoms with van der Waals surface area (Å²) in [5, 5.41) is 4.27. The molecule has 0 saturated heterocycles. The molecule has 0 fully saturated rings. The van der Waals surface area contributed by atoms with E-state index < -0.39 is 9.04 Å². The van der Waals surface area contributed by atoms with Crippen LogP contribution in [-0.4, -0.2) is 29.4 Å². The molecular formula is C13H18O2S2Si. The standard InChI is InChI=1S/C13H18O2S2Si/c1-14-8-2-3-9-15-18(12-6-4-10-16-12)13-7-5-11-17-13/h4-7,10-11,18H,2-3,8-9H2,1H3. The van der Waals surface area contributed by atoms with E-state index in [2.05, 4.69) is 35.0 Å². The minimum atomic E-state index is -1.41. The summed E-state index contributed by atoms with van der Waals surface area (Å²) in [5.74, 6) is 0. The first-order valence-corrected chi connectivity index (χ1v) is 9.47. The second-order valence-corrected chi connectivity index (χ2v) is 9.11. The Balaban J connectivity index is 1.90. The summed E-state index contributed by atoms with van der Waals surface area (Å²) in [7, 11) is 0.338. The molecule has 2 rings (SSSR count). The van der Waals surface area contributed by atoms with Crippen molar-refractivity contribution in [3.05, 3.63) is 35.0 Å². The van der Waals surface area contributed by atoms with Crippen LogP contribution in [0, 0.1) is 0 Å². The van der Waals surface area contributed by atoms with Gasteiger partial charge in [-0.05, 0) is 35.7 Å². The monoisotopic (exact) mass is 298 g/mol. The predicted molar refractivity (Wildman–Crippen MR) is 82.1 cm³/mol. The average Bonchev–Trinajstić information content (AvgIpc) is 3.06. The van der Waals surface area contributed by atoms with Gasteiger partial charge >= 0.3 is 0 Å². The zero-order chi connectivity index (χ0) is 12.6. The molecule has 0 N–H and O–H groups in total. The lowest BCUT2D eigenvalue weighted by atomic mass is 10.3. The minimum absolute atomic E-state index is 0.827. The molecule has 0 aliphatic carbocycles. The Bertz CT molecular complexity index is 380. The SMILES string of the molecule is COCCCCO[SiH](c1cccs1)c1cccs1. The first kappa shape index (κ1) is 14.0. The molecule has 0 aromatic carbocycles. The van der Waals surface area contributed by atoms with E-state index in [9.17, 15) is 0 Å². The van der Waals surface area contributed by atoms with Gasteiger partial charge in [-0.3, -0.25) is 0 Å². The number of unbranched alkanes of at least 4 members (excludes halogenated alkanes) is 1. The Labute approximate surface area is 118 Å². The third-order valence-corrected chi connectivity index (χ3v) is 8.12. The molecule has 0 unspecified atom stereocenters. The van der Waals surface area contributed by atoms with Crippen LogP contribution in [-0.2, 0) is 9.16 Å². The highest BCUT2D eigenvalue weighted by molar-refractivity contribution is 7.29. The molecule has 18 heavy (non-hydrogen) atoms. The van der Waals surface area contributed by atoms with Gasteiger partial charge in [-0.25, -0.2) is 0 Å². The summed E-state index contributed by atoms with van der Waals surface area (Å²) in [5.41, 5.74) is 0. The third-order valence-electron chi connectivity index (χ3n) is 2.63. The van der Waals surface area contributed by atoms with Crippen LogP contribution in [0.2, 0.25) is 0 Å². The highest BCUT2D eigenvalue weighted by Gasteiger charge is 2.19. The van der Waals surface area contributed by atoms with Crippen molar-refractivity contribution in [2.24, 2.45) is 0 Å². The first-order chi connectivity index (χ1) is 8.92. The molecular weight excluding hydrogens is 280 g/mol. The van der Waals surface area contributed by atoms with Crippen LogP contribution >= 0.6 is 22.7 Å². The quantitative estimate of drug-likeness (QED) is 0.549. The zero-order valence-electron chi connectivity index (χ0n) is 10.5. The van der Waals surface area contributed by atoms with E-state index in [1.54, 1.807) is 7.11 Å². The van der Waals surface area contributed by atoms with E-state index in [0.29, 0.717) is 0 Å². The summed E-state index contributed by atoms with van der Waals surface area (Å²) >= 11 is 3.63. The van der Waals surface area contributed by atoms with E-state index in [-0.39, 0.29) is 0 Å². The fourth-order valence-electron chi connectivity index (χ4n) is 1.74. The summed E-state index contributed by atoms with van der Waals surface area (Å²) in [6.45, 7) is 1.67. The van der Waals surface area contributed by atoms with Crippen molar-refractivity contribution in [3.8, 4) is 0 Å². The predicted octanol–water partition coefficient (Wildman–Crippen LogP) is 2.09. The Kier molecular flexibility index (Phi) is 6.09. The lowest BCUT2D eigenvalue weighted by Crippen LogP contribution is -2.42. The van der Waals surface area contributed by atoms with Crippen LogP contribution in [0.3, 0.4) is 0 Å². The van der Waals surface area contributed by atoms with Crippen molar-refractivity contribution >= 4 is 40.7 Å². The van der Waals surface area contributed by atoms with Crippen LogP contribution < -0.4 is 9.00 Å². The van der Waals surface area contributed by atoms with Gasteiger partial charge in [-0.2, -0.15) is 22.7 Å². The van der Waals surface area contributed by atoms with Crippen LogP contribution in [0.1, 0.15) is 12.8 Å². The van der Waals surface area contributed by atoms with Crippen molar-refractivity contribution in [2.45, 2.75) is 12.8 Å². The smallest absolute Gasteiger partial charge is 0.259 e. The van der Waals surface area contributed by atoms with E-state index in [4.69, 9.17) is 9.16 Å². The second-order valence-electron chi connectivity index (χ2n) is 3.98. The summed E-state index contributed by atoms with van der Waals surface area (Å²) in [6.07, 6.45) is 2.15. The maximum atomic E-state index is 6.18. The Morgan fingerprint density at radius 1 is 1.00 bits per heavy atom. The lowest BCUT2D eigenvalue weighted by Gasteiger charge is -2.13. The zero-order valence-corrected chi connectivity index (χ0v) is 13.3. The summed E-state index contributed by atoms with van der Waals surface area (Å²) < 4.78 is 14.1. The van der Waals surface area contributed by atoms with Crippen molar-refractivity contribution in [2.75, 3.05) is 20.3 Å². The van der Waals surface area contributed by atoms with Gasteiger partial charge in [-0.1, -0.05) is 12.1 Å². The second kappa shape index (κ2) is 7.86. The highest BCUT2D eigenvalue weighted by Crippen LogP contribution is 2.04. The van der Waals surface area contributed by atoms with Crippen LogP contribution in [0.4, 0.5) is 0 Å². The number of rotatable bonds is 8. The summed E-state index contributed by atoms with van der Waals surface area (Å²) in [6, 6.07) is 8.64. The number of methoxy groups -OCH3 is 1. The normalized spacial score (nSPS) is 11.2. The molecule has 5 heteroatoms.